The molecule has 0 unspecified atom stereocenters. The van der Waals surface area contributed by atoms with Gasteiger partial charge < -0.3 is 19.8 Å². The number of aryl methyl sites for hydroxylation is 1. The smallest absolute Gasteiger partial charge is 0.253 e. The monoisotopic (exact) mass is 292 g/mol. The van der Waals surface area contributed by atoms with Gasteiger partial charge in [0.25, 0.3) is 5.91 Å². The summed E-state index contributed by atoms with van der Waals surface area (Å²) in [5, 5.41) is 2.93. The molecule has 116 valence electrons. The fourth-order valence-corrected chi connectivity index (χ4v) is 3.18. The minimum absolute atomic E-state index is 0.0402. The summed E-state index contributed by atoms with van der Waals surface area (Å²) in [6.45, 7) is 5.24. The number of hydrogen-bond donors (Lipinski definition) is 2. The Balaban J connectivity index is 1.49. The van der Waals surface area contributed by atoms with Gasteiger partial charge >= 0.3 is 0 Å². The summed E-state index contributed by atoms with van der Waals surface area (Å²) < 4.78 is 12.0. The Morgan fingerprint density at radius 1 is 1.48 bits per heavy atom. The van der Waals surface area contributed by atoms with Crippen molar-refractivity contribution in [1.29, 1.82) is 0 Å². The highest BCUT2D eigenvalue weighted by Gasteiger charge is 2.43. The molecule has 0 radical (unpaired) electrons. The predicted octanol–water partition coefficient (Wildman–Crippen LogP) is 2.37. The summed E-state index contributed by atoms with van der Waals surface area (Å²) >= 11 is 0. The second-order valence-electron chi connectivity index (χ2n) is 6.37. The molecule has 1 spiro atoms. The van der Waals surface area contributed by atoms with Gasteiger partial charge in [-0.15, -0.1) is 0 Å². The van der Waals surface area contributed by atoms with Crippen LogP contribution in [-0.4, -0.2) is 35.9 Å². The molecule has 2 heterocycles. The van der Waals surface area contributed by atoms with Crippen LogP contribution in [0, 0.1) is 12.8 Å². The lowest BCUT2D eigenvalue weighted by Gasteiger charge is -2.34. The molecule has 1 aliphatic heterocycles. The molecule has 2 aliphatic rings. The molecule has 21 heavy (non-hydrogen) atoms. The second-order valence-corrected chi connectivity index (χ2v) is 6.37. The molecule has 0 bridgehead atoms. The van der Waals surface area contributed by atoms with E-state index in [-0.39, 0.29) is 17.8 Å². The van der Waals surface area contributed by atoms with Crippen molar-refractivity contribution in [2.75, 3.05) is 13.2 Å². The summed E-state index contributed by atoms with van der Waals surface area (Å²) in [5.74, 6) is 0.319. The molecular weight excluding hydrogens is 268 g/mol. The molecule has 0 aromatic carbocycles. The van der Waals surface area contributed by atoms with Crippen LogP contribution in [0.5, 0.6) is 0 Å². The fourth-order valence-electron chi connectivity index (χ4n) is 3.18. The third-order valence-electron chi connectivity index (χ3n) is 4.64. The Labute approximate surface area is 125 Å². The topological polar surface area (TPSA) is 63.4 Å². The summed E-state index contributed by atoms with van der Waals surface area (Å²) in [6, 6.07) is 1.79. The van der Waals surface area contributed by atoms with Gasteiger partial charge in [0.05, 0.1) is 12.2 Å². The summed E-state index contributed by atoms with van der Waals surface area (Å²) in [5.41, 5.74) is 1.57. The minimum Gasteiger partial charge on any atom is -0.365 e. The summed E-state index contributed by atoms with van der Waals surface area (Å²) in [4.78, 5) is 15.1. The van der Waals surface area contributed by atoms with Gasteiger partial charge in [0, 0.05) is 31.3 Å². The lowest BCUT2D eigenvalue weighted by atomic mass is 9.86. The molecule has 1 aliphatic carbocycles. The molecular formula is C16H24N2O3. The standard InChI is InChI=1S/C16H24N2O3/c1-11-3-6-16(7-4-11)20-10-13(21-16)9-18-15(19)14-5-8-17-12(14)2/h5,8,11,13,17H,3-4,6-7,9-10H2,1-2H3,(H,18,19)/t11?,13-,16?/m0/s1. The molecule has 1 aromatic rings. The molecule has 3 rings (SSSR count). The Bertz CT molecular complexity index is 503. The Kier molecular flexibility index (Phi) is 4.04. The van der Waals surface area contributed by atoms with Crippen LogP contribution in [0.3, 0.4) is 0 Å². The van der Waals surface area contributed by atoms with Crippen LogP contribution in [0.2, 0.25) is 0 Å². The molecule has 1 saturated carbocycles. The first-order chi connectivity index (χ1) is 10.1. The van der Waals surface area contributed by atoms with Gasteiger partial charge in [0.15, 0.2) is 5.79 Å². The van der Waals surface area contributed by atoms with Crippen LogP contribution < -0.4 is 5.32 Å². The highest BCUT2D eigenvalue weighted by atomic mass is 16.7. The number of carbonyl (C=O) groups excluding carboxylic acids is 1. The molecule has 2 N–H and O–H groups in total. The number of hydrogen-bond acceptors (Lipinski definition) is 3. The van der Waals surface area contributed by atoms with Crippen molar-refractivity contribution in [2.24, 2.45) is 5.92 Å². The first-order valence-electron chi connectivity index (χ1n) is 7.82. The van der Waals surface area contributed by atoms with Gasteiger partial charge in [-0.3, -0.25) is 4.79 Å². The SMILES string of the molecule is Cc1[nH]ccc1C(=O)NC[C@H]1COC2(CCC(C)CC2)O1. The normalized spacial score (nSPS) is 32.5. The molecule has 5 heteroatoms. The van der Waals surface area contributed by atoms with Crippen LogP contribution in [-0.2, 0) is 9.47 Å². The van der Waals surface area contributed by atoms with E-state index < -0.39 is 0 Å². The van der Waals surface area contributed by atoms with Gasteiger partial charge in [-0.25, -0.2) is 0 Å². The van der Waals surface area contributed by atoms with Crippen LogP contribution in [0.4, 0.5) is 0 Å². The van der Waals surface area contributed by atoms with Crippen molar-refractivity contribution in [2.45, 2.75) is 51.4 Å². The number of rotatable bonds is 3. The summed E-state index contributed by atoms with van der Waals surface area (Å²) in [6.07, 6.45) is 5.98. The highest BCUT2D eigenvalue weighted by Crippen LogP contribution is 2.39. The maximum Gasteiger partial charge on any atom is 0.253 e. The van der Waals surface area contributed by atoms with Crippen molar-refractivity contribution in [1.82, 2.24) is 10.3 Å². The number of carbonyl (C=O) groups is 1. The molecule has 1 aromatic heterocycles. The zero-order valence-corrected chi connectivity index (χ0v) is 12.8. The maximum absolute atomic E-state index is 12.1. The van der Waals surface area contributed by atoms with E-state index in [2.05, 4.69) is 17.2 Å². The molecule has 1 atom stereocenters. The number of aromatic nitrogens is 1. The Morgan fingerprint density at radius 2 is 2.24 bits per heavy atom. The van der Waals surface area contributed by atoms with Crippen LogP contribution >= 0.6 is 0 Å². The van der Waals surface area contributed by atoms with E-state index >= 15 is 0 Å². The van der Waals surface area contributed by atoms with E-state index in [4.69, 9.17) is 9.47 Å². The molecule has 1 saturated heterocycles. The van der Waals surface area contributed by atoms with E-state index in [0.29, 0.717) is 18.7 Å². The zero-order valence-electron chi connectivity index (χ0n) is 12.8. The number of aromatic amines is 1. The zero-order chi connectivity index (χ0) is 14.9. The van der Waals surface area contributed by atoms with Crippen molar-refractivity contribution in [3.05, 3.63) is 23.5 Å². The molecule has 5 nitrogen and oxygen atoms in total. The second kappa shape index (κ2) is 5.81. The average molecular weight is 292 g/mol. The van der Waals surface area contributed by atoms with E-state index in [1.807, 2.05) is 6.92 Å². The third-order valence-corrected chi connectivity index (χ3v) is 4.64. The van der Waals surface area contributed by atoms with Crippen molar-refractivity contribution in [3.8, 4) is 0 Å². The predicted molar refractivity (Wildman–Crippen MR) is 79.1 cm³/mol. The Hall–Kier alpha value is -1.33. The Morgan fingerprint density at radius 3 is 2.90 bits per heavy atom. The lowest BCUT2D eigenvalue weighted by molar-refractivity contribution is -0.191. The van der Waals surface area contributed by atoms with E-state index in [1.165, 1.54) is 0 Å². The van der Waals surface area contributed by atoms with Crippen molar-refractivity contribution < 1.29 is 14.3 Å². The van der Waals surface area contributed by atoms with E-state index in [0.717, 1.165) is 37.3 Å². The van der Waals surface area contributed by atoms with Gasteiger partial charge in [0.1, 0.15) is 6.10 Å². The van der Waals surface area contributed by atoms with Gasteiger partial charge in [-0.1, -0.05) is 6.92 Å². The number of nitrogens with one attached hydrogen (secondary N) is 2. The quantitative estimate of drug-likeness (QED) is 0.899. The third kappa shape index (κ3) is 3.14. The van der Waals surface area contributed by atoms with Gasteiger partial charge in [-0.2, -0.15) is 0 Å². The molecule has 2 fully saturated rings. The van der Waals surface area contributed by atoms with Crippen LogP contribution in [0.15, 0.2) is 12.3 Å². The fraction of sp³-hybridized carbons (Fsp3) is 0.688. The number of amides is 1. The number of H-pyrrole nitrogens is 1. The van der Waals surface area contributed by atoms with Crippen LogP contribution in [0.25, 0.3) is 0 Å². The van der Waals surface area contributed by atoms with Gasteiger partial charge in [0.2, 0.25) is 0 Å². The number of ether oxygens (including phenoxy) is 2. The largest absolute Gasteiger partial charge is 0.365 e. The first-order valence-corrected chi connectivity index (χ1v) is 7.82. The highest BCUT2D eigenvalue weighted by molar-refractivity contribution is 5.95. The lowest BCUT2D eigenvalue weighted by Crippen LogP contribution is -2.38. The summed E-state index contributed by atoms with van der Waals surface area (Å²) in [7, 11) is 0. The van der Waals surface area contributed by atoms with Crippen molar-refractivity contribution >= 4 is 5.91 Å². The average Bonchev–Trinajstić information content (AvgIpc) is 3.07. The first kappa shape index (κ1) is 14.6. The molecule has 1 amide bonds. The minimum atomic E-state index is -0.383. The van der Waals surface area contributed by atoms with E-state index in [1.54, 1.807) is 12.3 Å². The van der Waals surface area contributed by atoms with E-state index in [9.17, 15) is 4.79 Å². The van der Waals surface area contributed by atoms with Crippen molar-refractivity contribution in [3.63, 3.8) is 0 Å². The maximum atomic E-state index is 12.1. The van der Waals surface area contributed by atoms with Gasteiger partial charge in [-0.05, 0) is 31.7 Å². The van der Waals surface area contributed by atoms with Crippen LogP contribution in [0.1, 0.15) is 48.7 Å².